The molecule has 2 N–H and O–H groups in total. The predicted octanol–water partition coefficient (Wildman–Crippen LogP) is 4.57. The molecule has 1 aliphatic heterocycles. The molecular weight excluding hydrogens is 468 g/mol. The lowest BCUT2D eigenvalue weighted by atomic mass is 9.85. The Morgan fingerprint density at radius 3 is 2.53 bits per heavy atom. The number of halogens is 2. The van der Waals surface area contributed by atoms with E-state index in [4.69, 9.17) is 9.15 Å². The van der Waals surface area contributed by atoms with Crippen molar-refractivity contribution >= 4 is 17.6 Å². The first-order valence-electron chi connectivity index (χ1n) is 12.3. The van der Waals surface area contributed by atoms with E-state index >= 15 is 0 Å². The van der Waals surface area contributed by atoms with Crippen LogP contribution in [0.2, 0.25) is 0 Å². The molecule has 36 heavy (non-hydrogen) atoms. The Bertz CT molecular complexity index is 1190. The summed E-state index contributed by atoms with van der Waals surface area (Å²) in [5.41, 5.74) is 0.189. The molecule has 0 spiro atoms. The van der Waals surface area contributed by atoms with Crippen molar-refractivity contribution in [2.24, 2.45) is 5.92 Å². The van der Waals surface area contributed by atoms with Gasteiger partial charge in [0.2, 0.25) is 0 Å². The second kappa shape index (κ2) is 11.1. The van der Waals surface area contributed by atoms with Crippen LogP contribution >= 0.6 is 0 Å². The molecule has 1 aromatic heterocycles. The van der Waals surface area contributed by atoms with Gasteiger partial charge in [-0.2, -0.15) is 0 Å². The van der Waals surface area contributed by atoms with Gasteiger partial charge in [-0.15, -0.1) is 5.10 Å². The third kappa shape index (κ3) is 5.88. The Morgan fingerprint density at radius 2 is 1.78 bits per heavy atom. The molecule has 2 aromatic carbocycles. The quantitative estimate of drug-likeness (QED) is 0.494. The van der Waals surface area contributed by atoms with Gasteiger partial charge < -0.3 is 19.8 Å². The number of amides is 1. The average molecular weight is 498 g/mol. The molecule has 1 aliphatic carbocycles. The molecule has 0 unspecified atom stereocenters. The normalized spacial score (nSPS) is 20.7. The van der Waals surface area contributed by atoms with Crippen molar-refractivity contribution in [3.05, 3.63) is 59.7 Å². The van der Waals surface area contributed by atoms with Gasteiger partial charge in [0.05, 0.1) is 24.3 Å². The van der Waals surface area contributed by atoms with Crippen LogP contribution in [0, 0.1) is 17.6 Å². The fourth-order valence-corrected chi connectivity index (χ4v) is 4.81. The Balaban J connectivity index is 1.15. The molecule has 2 fully saturated rings. The number of morpholine rings is 1. The monoisotopic (exact) mass is 497 g/mol. The summed E-state index contributed by atoms with van der Waals surface area (Å²) in [6, 6.07) is 10.2. The molecule has 8 nitrogen and oxygen atoms in total. The molecule has 0 radical (unpaired) electrons. The van der Waals surface area contributed by atoms with E-state index in [1.807, 2.05) is 0 Å². The molecule has 0 bridgehead atoms. The van der Waals surface area contributed by atoms with Crippen LogP contribution < -0.4 is 10.6 Å². The topological polar surface area (TPSA) is 92.5 Å². The molecule has 0 atom stereocenters. The van der Waals surface area contributed by atoms with E-state index in [1.165, 1.54) is 30.3 Å². The van der Waals surface area contributed by atoms with E-state index in [0.29, 0.717) is 5.92 Å². The first-order valence-corrected chi connectivity index (χ1v) is 12.3. The van der Waals surface area contributed by atoms with Gasteiger partial charge >= 0.3 is 6.01 Å². The lowest BCUT2D eigenvalue weighted by Crippen LogP contribution is -2.40. The van der Waals surface area contributed by atoms with E-state index < -0.39 is 17.5 Å². The van der Waals surface area contributed by atoms with Gasteiger partial charge in [0.1, 0.15) is 11.6 Å². The van der Waals surface area contributed by atoms with Crippen molar-refractivity contribution < 1.29 is 22.7 Å². The summed E-state index contributed by atoms with van der Waals surface area (Å²) in [4.78, 5) is 14.8. The molecule has 1 saturated carbocycles. The third-order valence-electron chi connectivity index (χ3n) is 6.80. The highest BCUT2D eigenvalue weighted by Crippen LogP contribution is 2.29. The number of carbonyl (C=O) groups is 1. The van der Waals surface area contributed by atoms with Gasteiger partial charge in [-0.25, -0.2) is 8.78 Å². The van der Waals surface area contributed by atoms with Gasteiger partial charge in [0.15, 0.2) is 0 Å². The lowest BCUT2D eigenvalue weighted by molar-refractivity contribution is 0.0276. The maximum Gasteiger partial charge on any atom is 0.315 e. The minimum Gasteiger partial charge on any atom is -0.403 e. The Morgan fingerprint density at radius 1 is 1.00 bits per heavy atom. The van der Waals surface area contributed by atoms with Gasteiger partial charge in [0.25, 0.3) is 11.8 Å². The second-order valence-corrected chi connectivity index (χ2v) is 9.32. The average Bonchev–Trinajstić information content (AvgIpc) is 3.34. The summed E-state index contributed by atoms with van der Waals surface area (Å²) in [5.74, 6) is -1.22. The first kappa shape index (κ1) is 24.3. The largest absolute Gasteiger partial charge is 0.403 e. The Kier molecular flexibility index (Phi) is 7.52. The van der Waals surface area contributed by atoms with Gasteiger partial charge in [0, 0.05) is 31.4 Å². The predicted molar refractivity (Wildman–Crippen MR) is 131 cm³/mol. The maximum absolute atomic E-state index is 14.8. The molecule has 190 valence electrons. The van der Waals surface area contributed by atoms with Crippen molar-refractivity contribution in [2.75, 3.05) is 43.5 Å². The van der Waals surface area contributed by atoms with E-state index in [-0.39, 0.29) is 34.8 Å². The standard InChI is InChI=1S/C26H29F2N5O3/c27-22-4-2-1-3-20(22)24(34)29-19-9-10-21(23(28)15-19)25-31-32-26(36-25)30-18-7-5-17(6-8-18)16-33-11-13-35-14-12-33/h1-4,9-10,15,17-18H,5-8,11-14,16H2,(H,29,34)(H,30,32). The van der Waals surface area contributed by atoms with Crippen molar-refractivity contribution in [1.29, 1.82) is 0 Å². The van der Waals surface area contributed by atoms with Crippen LogP contribution in [0.25, 0.3) is 11.5 Å². The zero-order chi connectivity index (χ0) is 24.9. The van der Waals surface area contributed by atoms with E-state index in [9.17, 15) is 13.6 Å². The highest BCUT2D eigenvalue weighted by molar-refractivity contribution is 6.04. The highest BCUT2D eigenvalue weighted by Gasteiger charge is 2.25. The number of hydrogen-bond donors (Lipinski definition) is 2. The molecule has 1 amide bonds. The molecule has 10 heteroatoms. The first-order chi connectivity index (χ1) is 17.5. The number of anilines is 2. The molecule has 2 heterocycles. The van der Waals surface area contributed by atoms with Crippen LogP contribution in [-0.2, 0) is 4.74 Å². The molecule has 2 aliphatic rings. The van der Waals surface area contributed by atoms with Crippen LogP contribution in [0.15, 0.2) is 46.9 Å². The highest BCUT2D eigenvalue weighted by atomic mass is 19.1. The second-order valence-electron chi connectivity index (χ2n) is 9.32. The molecular formula is C26H29F2N5O3. The minimum absolute atomic E-state index is 0.0444. The number of ether oxygens (including phenoxy) is 1. The van der Waals surface area contributed by atoms with E-state index in [0.717, 1.165) is 64.6 Å². The summed E-state index contributed by atoms with van der Waals surface area (Å²) >= 11 is 0. The van der Waals surface area contributed by atoms with Crippen molar-refractivity contribution in [3.8, 4) is 11.5 Å². The zero-order valence-electron chi connectivity index (χ0n) is 19.9. The van der Waals surface area contributed by atoms with Gasteiger partial charge in [-0.3, -0.25) is 9.69 Å². The van der Waals surface area contributed by atoms with Crippen LogP contribution in [0.3, 0.4) is 0 Å². The summed E-state index contributed by atoms with van der Waals surface area (Å²) < 4.78 is 39.7. The van der Waals surface area contributed by atoms with Crippen LogP contribution in [0.1, 0.15) is 36.0 Å². The fourth-order valence-electron chi connectivity index (χ4n) is 4.81. The number of rotatable bonds is 7. The van der Waals surface area contributed by atoms with E-state index in [2.05, 4.69) is 25.7 Å². The van der Waals surface area contributed by atoms with E-state index in [1.54, 1.807) is 6.07 Å². The Hall–Kier alpha value is -3.37. The molecule has 5 rings (SSSR count). The van der Waals surface area contributed by atoms with Crippen LogP contribution in [-0.4, -0.2) is 59.9 Å². The van der Waals surface area contributed by atoms with Gasteiger partial charge in [-0.05, 0) is 61.9 Å². The lowest BCUT2D eigenvalue weighted by Gasteiger charge is -2.34. The van der Waals surface area contributed by atoms with Crippen LogP contribution in [0.4, 0.5) is 20.5 Å². The molecule has 3 aromatic rings. The summed E-state index contributed by atoms with van der Waals surface area (Å²) in [6.45, 7) is 4.79. The van der Waals surface area contributed by atoms with Gasteiger partial charge in [-0.1, -0.05) is 17.2 Å². The fraction of sp³-hybridized carbons (Fsp3) is 0.423. The minimum atomic E-state index is -0.663. The molecule has 1 saturated heterocycles. The number of hydrogen-bond acceptors (Lipinski definition) is 7. The SMILES string of the molecule is O=C(Nc1ccc(-c2nnc(NC3CCC(CN4CCOCC4)CC3)o2)c(F)c1)c1ccccc1F. The number of aromatic nitrogens is 2. The van der Waals surface area contributed by atoms with Crippen LogP contribution in [0.5, 0.6) is 0 Å². The zero-order valence-corrected chi connectivity index (χ0v) is 19.9. The number of nitrogens with one attached hydrogen (secondary N) is 2. The Labute approximate surface area is 208 Å². The smallest absolute Gasteiger partial charge is 0.315 e. The number of carbonyl (C=O) groups excluding carboxylic acids is 1. The van der Waals surface area contributed by atoms with Crippen molar-refractivity contribution in [2.45, 2.75) is 31.7 Å². The summed E-state index contributed by atoms with van der Waals surface area (Å²) in [7, 11) is 0. The maximum atomic E-state index is 14.8. The van der Waals surface area contributed by atoms with Crippen molar-refractivity contribution in [1.82, 2.24) is 15.1 Å². The number of nitrogens with zero attached hydrogens (tertiary/aromatic N) is 3. The summed E-state index contributed by atoms with van der Waals surface area (Å²) in [6.07, 6.45) is 4.28. The third-order valence-corrected chi connectivity index (χ3v) is 6.80. The van der Waals surface area contributed by atoms with Crippen molar-refractivity contribution in [3.63, 3.8) is 0 Å². The number of benzene rings is 2. The summed E-state index contributed by atoms with van der Waals surface area (Å²) in [5, 5.41) is 13.8.